The quantitative estimate of drug-likeness (QED) is 0.613. The van der Waals surface area contributed by atoms with E-state index in [0.29, 0.717) is 16.1 Å². The van der Waals surface area contributed by atoms with Gasteiger partial charge in [-0.2, -0.15) is 0 Å². The molecular formula is C15H12ClNO4S. The van der Waals surface area contributed by atoms with Gasteiger partial charge in [-0.05, 0) is 41.5 Å². The fourth-order valence-corrected chi connectivity index (χ4v) is 2.99. The van der Waals surface area contributed by atoms with E-state index < -0.39 is 14.8 Å². The fraction of sp³-hybridized carbons (Fsp3) is 0.0667. The lowest BCUT2D eigenvalue weighted by molar-refractivity contribution is -0.384. The van der Waals surface area contributed by atoms with Gasteiger partial charge >= 0.3 is 0 Å². The standard InChI is InChI=1S/C15H12ClNO4S/c16-14-5-1-13(2-6-14)11-22(20,21)10-9-12-3-7-15(8-4-12)17(18)19/h1-10H,11H2. The Hall–Kier alpha value is -2.18. The van der Waals surface area contributed by atoms with Gasteiger partial charge in [0.1, 0.15) is 0 Å². The predicted octanol–water partition coefficient (Wildman–Crippen LogP) is 3.83. The molecule has 0 heterocycles. The summed E-state index contributed by atoms with van der Waals surface area (Å²) >= 11 is 5.75. The molecule has 2 aromatic rings. The van der Waals surface area contributed by atoms with Gasteiger partial charge in [-0.15, -0.1) is 0 Å². The summed E-state index contributed by atoms with van der Waals surface area (Å²) in [4.78, 5) is 10.0. The molecule has 0 bridgehead atoms. The van der Waals surface area contributed by atoms with E-state index in [4.69, 9.17) is 11.6 Å². The van der Waals surface area contributed by atoms with Gasteiger partial charge in [-0.25, -0.2) is 8.42 Å². The van der Waals surface area contributed by atoms with Crippen molar-refractivity contribution in [3.05, 3.63) is 80.2 Å². The minimum absolute atomic E-state index is 0.0406. The summed E-state index contributed by atoms with van der Waals surface area (Å²) in [5, 5.41) is 12.2. The van der Waals surface area contributed by atoms with Gasteiger partial charge in [-0.1, -0.05) is 23.7 Å². The molecule has 0 radical (unpaired) electrons. The molecule has 0 unspecified atom stereocenters. The summed E-state index contributed by atoms with van der Waals surface area (Å²) in [5.74, 6) is -0.131. The lowest BCUT2D eigenvalue weighted by Gasteiger charge is -2.00. The number of non-ortho nitro benzene ring substituents is 1. The van der Waals surface area contributed by atoms with E-state index in [1.807, 2.05) is 0 Å². The number of hydrogen-bond donors (Lipinski definition) is 0. The van der Waals surface area contributed by atoms with Crippen LogP contribution in [0.25, 0.3) is 6.08 Å². The maximum atomic E-state index is 12.0. The lowest BCUT2D eigenvalue weighted by atomic mass is 10.2. The second-order valence-corrected chi connectivity index (χ2v) is 6.91. The van der Waals surface area contributed by atoms with Crippen LogP contribution in [-0.4, -0.2) is 13.3 Å². The minimum Gasteiger partial charge on any atom is -0.258 e. The Morgan fingerprint density at radius 3 is 2.18 bits per heavy atom. The Labute approximate surface area is 132 Å². The number of rotatable bonds is 5. The van der Waals surface area contributed by atoms with Crippen molar-refractivity contribution in [2.75, 3.05) is 0 Å². The third-order valence-electron chi connectivity index (χ3n) is 2.85. The molecule has 0 amide bonds. The number of nitrogens with zero attached hydrogens (tertiary/aromatic N) is 1. The molecule has 0 aliphatic heterocycles. The first-order chi connectivity index (χ1) is 10.4. The molecule has 0 saturated carbocycles. The van der Waals surface area contributed by atoms with Gasteiger partial charge in [0, 0.05) is 22.6 Å². The van der Waals surface area contributed by atoms with Gasteiger partial charge in [0.2, 0.25) is 0 Å². The number of nitro groups is 1. The van der Waals surface area contributed by atoms with Crippen LogP contribution >= 0.6 is 11.6 Å². The van der Waals surface area contributed by atoms with Gasteiger partial charge in [-0.3, -0.25) is 10.1 Å². The number of hydrogen-bond acceptors (Lipinski definition) is 4. The number of nitro benzene ring substituents is 1. The van der Waals surface area contributed by atoms with Gasteiger partial charge < -0.3 is 0 Å². The summed E-state index contributed by atoms with van der Waals surface area (Å²) in [6, 6.07) is 12.2. The van der Waals surface area contributed by atoms with E-state index in [9.17, 15) is 18.5 Å². The van der Waals surface area contributed by atoms with Crippen molar-refractivity contribution >= 4 is 33.2 Å². The molecule has 0 aliphatic carbocycles. The van der Waals surface area contributed by atoms with Crippen molar-refractivity contribution in [3.8, 4) is 0 Å². The van der Waals surface area contributed by atoms with Crippen molar-refractivity contribution in [1.82, 2.24) is 0 Å². The van der Waals surface area contributed by atoms with Crippen LogP contribution in [0.3, 0.4) is 0 Å². The molecule has 2 aromatic carbocycles. The number of sulfone groups is 1. The molecule has 114 valence electrons. The van der Waals surface area contributed by atoms with Crippen molar-refractivity contribution in [1.29, 1.82) is 0 Å². The summed E-state index contributed by atoms with van der Waals surface area (Å²) in [6.07, 6.45) is 1.41. The van der Waals surface area contributed by atoms with Crippen LogP contribution < -0.4 is 0 Å². The van der Waals surface area contributed by atoms with Crippen LogP contribution in [0, 0.1) is 10.1 Å². The Kier molecular flexibility index (Phi) is 4.95. The average molecular weight is 338 g/mol. The normalized spacial score (nSPS) is 11.7. The molecule has 0 aromatic heterocycles. The van der Waals surface area contributed by atoms with Crippen LogP contribution in [0.2, 0.25) is 5.02 Å². The van der Waals surface area contributed by atoms with Gasteiger partial charge in [0.25, 0.3) is 5.69 Å². The van der Waals surface area contributed by atoms with Crippen LogP contribution in [0.4, 0.5) is 5.69 Å². The monoisotopic (exact) mass is 337 g/mol. The smallest absolute Gasteiger partial charge is 0.258 e. The Morgan fingerprint density at radius 1 is 1.05 bits per heavy atom. The molecule has 0 aliphatic rings. The van der Waals surface area contributed by atoms with E-state index in [1.165, 1.54) is 30.3 Å². The molecule has 22 heavy (non-hydrogen) atoms. The first-order valence-electron chi connectivity index (χ1n) is 6.25. The largest absolute Gasteiger partial charge is 0.269 e. The lowest BCUT2D eigenvalue weighted by Crippen LogP contribution is -1.99. The van der Waals surface area contributed by atoms with Crippen molar-refractivity contribution in [2.24, 2.45) is 0 Å². The molecule has 0 atom stereocenters. The molecule has 5 nitrogen and oxygen atoms in total. The SMILES string of the molecule is O=[N+]([O-])c1ccc(C=CS(=O)(=O)Cc2ccc(Cl)cc2)cc1. The Bertz CT molecular complexity index is 796. The summed E-state index contributed by atoms with van der Waals surface area (Å²) < 4.78 is 24.0. The third-order valence-corrected chi connectivity index (χ3v) is 4.39. The fourth-order valence-electron chi connectivity index (χ4n) is 1.75. The highest BCUT2D eigenvalue weighted by Crippen LogP contribution is 2.16. The highest BCUT2D eigenvalue weighted by Gasteiger charge is 2.08. The molecular weight excluding hydrogens is 326 g/mol. The van der Waals surface area contributed by atoms with Crippen LogP contribution in [0.5, 0.6) is 0 Å². The Balaban J connectivity index is 2.10. The van der Waals surface area contributed by atoms with Crippen LogP contribution in [-0.2, 0) is 15.6 Å². The zero-order chi connectivity index (χ0) is 16.2. The molecule has 0 N–H and O–H groups in total. The highest BCUT2D eigenvalue weighted by atomic mass is 35.5. The minimum atomic E-state index is -3.43. The van der Waals surface area contributed by atoms with E-state index in [1.54, 1.807) is 24.3 Å². The molecule has 0 saturated heterocycles. The van der Waals surface area contributed by atoms with E-state index in [-0.39, 0.29) is 11.4 Å². The topological polar surface area (TPSA) is 77.3 Å². The first kappa shape index (κ1) is 16.2. The third kappa shape index (κ3) is 4.68. The molecule has 0 fully saturated rings. The maximum absolute atomic E-state index is 12.0. The second-order valence-electron chi connectivity index (χ2n) is 4.59. The van der Waals surface area contributed by atoms with Crippen molar-refractivity contribution in [2.45, 2.75) is 5.75 Å². The van der Waals surface area contributed by atoms with Crippen LogP contribution in [0.15, 0.2) is 53.9 Å². The summed E-state index contributed by atoms with van der Waals surface area (Å²) in [7, 11) is -3.43. The molecule has 0 spiro atoms. The van der Waals surface area contributed by atoms with Crippen LogP contribution in [0.1, 0.15) is 11.1 Å². The second kappa shape index (κ2) is 6.72. The van der Waals surface area contributed by atoms with E-state index >= 15 is 0 Å². The number of benzene rings is 2. The van der Waals surface area contributed by atoms with Crippen molar-refractivity contribution in [3.63, 3.8) is 0 Å². The first-order valence-corrected chi connectivity index (χ1v) is 8.35. The summed E-state index contributed by atoms with van der Waals surface area (Å²) in [5.41, 5.74) is 1.17. The maximum Gasteiger partial charge on any atom is 0.269 e. The van der Waals surface area contributed by atoms with Gasteiger partial charge in [0.15, 0.2) is 9.84 Å². The number of halogens is 1. The zero-order valence-corrected chi connectivity index (χ0v) is 12.9. The Morgan fingerprint density at radius 2 is 1.64 bits per heavy atom. The zero-order valence-electron chi connectivity index (χ0n) is 11.3. The van der Waals surface area contributed by atoms with E-state index in [2.05, 4.69) is 0 Å². The highest BCUT2D eigenvalue weighted by molar-refractivity contribution is 7.93. The van der Waals surface area contributed by atoms with Gasteiger partial charge in [0.05, 0.1) is 10.7 Å². The van der Waals surface area contributed by atoms with E-state index in [0.717, 1.165) is 5.41 Å². The molecule has 2 rings (SSSR count). The predicted molar refractivity (Wildman–Crippen MR) is 86.2 cm³/mol. The van der Waals surface area contributed by atoms with Crippen molar-refractivity contribution < 1.29 is 13.3 Å². The average Bonchev–Trinajstić information content (AvgIpc) is 2.48. The molecule has 7 heteroatoms. The summed E-state index contributed by atoms with van der Waals surface area (Å²) in [6.45, 7) is 0.